The van der Waals surface area contributed by atoms with Crippen molar-refractivity contribution in [1.29, 1.82) is 0 Å². The molecule has 0 spiro atoms. The molecule has 1 heterocycles. The van der Waals surface area contributed by atoms with Crippen LogP contribution < -0.4 is 5.32 Å². The van der Waals surface area contributed by atoms with Crippen molar-refractivity contribution in [2.24, 2.45) is 0 Å². The Morgan fingerprint density at radius 2 is 2.32 bits per heavy atom. The summed E-state index contributed by atoms with van der Waals surface area (Å²) in [6.45, 7) is 7.46. The lowest BCUT2D eigenvalue weighted by Gasteiger charge is -2.39. The molecule has 1 N–H and O–H groups in total. The predicted molar refractivity (Wildman–Crippen MR) is 80.7 cm³/mol. The van der Waals surface area contributed by atoms with Crippen LogP contribution >= 0.6 is 11.6 Å². The summed E-state index contributed by atoms with van der Waals surface area (Å²) in [5, 5.41) is 4.52. The van der Waals surface area contributed by atoms with Gasteiger partial charge in [0.25, 0.3) is 0 Å². The molecule has 0 aliphatic carbocycles. The first-order chi connectivity index (χ1) is 9.02. The van der Waals surface area contributed by atoms with Crippen LogP contribution in [0.25, 0.3) is 0 Å². The molecule has 0 amide bonds. The van der Waals surface area contributed by atoms with Gasteiger partial charge in [-0.2, -0.15) is 0 Å². The van der Waals surface area contributed by atoms with Gasteiger partial charge in [-0.3, -0.25) is 0 Å². The van der Waals surface area contributed by atoms with Gasteiger partial charge in [0.2, 0.25) is 0 Å². The Balaban J connectivity index is 1.97. The van der Waals surface area contributed by atoms with Crippen molar-refractivity contribution in [3.05, 3.63) is 34.9 Å². The van der Waals surface area contributed by atoms with E-state index in [1.165, 1.54) is 5.56 Å². The van der Waals surface area contributed by atoms with Crippen molar-refractivity contribution in [3.63, 3.8) is 0 Å². The fraction of sp³-hybridized carbons (Fsp3) is 0.625. The first-order valence-electron chi connectivity index (χ1n) is 7.18. The molecule has 2 unspecified atom stereocenters. The summed E-state index contributed by atoms with van der Waals surface area (Å²) in [6, 6.07) is 8.94. The fourth-order valence-corrected chi connectivity index (χ4v) is 2.94. The van der Waals surface area contributed by atoms with Gasteiger partial charge in [-0.1, -0.05) is 30.7 Å². The minimum absolute atomic E-state index is 0.0317. The molecule has 0 bridgehead atoms. The van der Waals surface area contributed by atoms with Gasteiger partial charge in [-0.25, -0.2) is 0 Å². The van der Waals surface area contributed by atoms with E-state index in [2.05, 4.69) is 32.2 Å². The first kappa shape index (κ1) is 14.8. The largest absolute Gasteiger partial charge is 0.375 e. The van der Waals surface area contributed by atoms with Crippen LogP contribution in [-0.4, -0.2) is 18.2 Å². The summed E-state index contributed by atoms with van der Waals surface area (Å²) in [7, 11) is 0. The van der Waals surface area contributed by atoms with E-state index < -0.39 is 0 Å². The molecule has 2 nitrogen and oxygen atoms in total. The maximum absolute atomic E-state index is 6.05. The normalized spacial score (nSPS) is 29.2. The van der Waals surface area contributed by atoms with Crippen LogP contribution in [-0.2, 0) is 4.74 Å². The van der Waals surface area contributed by atoms with Crippen molar-refractivity contribution < 1.29 is 4.74 Å². The lowest BCUT2D eigenvalue weighted by Crippen LogP contribution is -2.45. The topological polar surface area (TPSA) is 21.3 Å². The average Bonchev–Trinajstić information content (AvgIpc) is 2.39. The zero-order valence-electron chi connectivity index (χ0n) is 12.1. The molecule has 1 aliphatic heterocycles. The van der Waals surface area contributed by atoms with Gasteiger partial charge >= 0.3 is 0 Å². The lowest BCUT2D eigenvalue weighted by atomic mass is 9.89. The van der Waals surface area contributed by atoms with Crippen molar-refractivity contribution in [3.8, 4) is 0 Å². The van der Waals surface area contributed by atoms with Gasteiger partial charge < -0.3 is 10.1 Å². The van der Waals surface area contributed by atoms with E-state index in [-0.39, 0.29) is 5.60 Å². The molecule has 19 heavy (non-hydrogen) atoms. The molecule has 2 rings (SSSR count). The zero-order valence-corrected chi connectivity index (χ0v) is 12.8. The van der Waals surface area contributed by atoms with Crippen LogP contribution in [0.15, 0.2) is 24.3 Å². The summed E-state index contributed by atoms with van der Waals surface area (Å²) < 4.78 is 5.89. The quantitative estimate of drug-likeness (QED) is 0.886. The van der Waals surface area contributed by atoms with Crippen molar-refractivity contribution in [2.75, 3.05) is 6.61 Å². The molecule has 106 valence electrons. The molecule has 1 aliphatic rings. The molecular formula is C16H24ClNO. The Morgan fingerprint density at radius 1 is 1.53 bits per heavy atom. The number of benzene rings is 1. The van der Waals surface area contributed by atoms with Crippen molar-refractivity contribution in [2.45, 2.75) is 57.7 Å². The summed E-state index contributed by atoms with van der Waals surface area (Å²) in [5.74, 6) is 0. The highest BCUT2D eigenvalue weighted by atomic mass is 35.5. The van der Waals surface area contributed by atoms with Crippen LogP contribution in [0.4, 0.5) is 0 Å². The Hall–Kier alpha value is -0.570. The molecule has 0 aromatic heterocycles. The Morgan fingerprint density at radius 3 is 3.00 bits per heavy atom. The molecule has 3 atom stereocenters. The van der Waals surface area contributed by atoms with Gasteiger partial charge in [0.05, 0.1) is 5.60 Å². The van der Waals surface area contributed by atoms with Gasteiger partial charge in [0.15, 0.2) is 0 Å². The van der Waals surface area contributed by atoms with Gasteiger partial charge in [-0.15, -0.1) is 0 Å². The Labute approximate surface area is 121 Å². The van der Waals surface area contributed by atoms with Crippen LogP contribution in [0.3, 0.4) is 0 Å². The van der Waals surface area contributed by atoms with E-state index in [0.29, 0.717) is 12.1 Å². The molecule has 1 aromatic carbocycles. The number of nitrogens with one attached hydrogen (secondary N) is 1. The second-order valence-corrected chi connectivity index (χ2v) is 6.22. The van der Waals surface area contributed by atoms with Gasteiger partial charge in [0, 0.05) is 23.7 Å². The van der Waals surface area contributed by atoms with E-state index in [1.807, 2.05) is 18.2 Å². The number of hydrogen-bond donors (Lipinski definition) is 1. The summed E-state index contributed by atoms with van der Waals surface area (Å²) >= 11 is 6.05. The van der Waals surface area contributed by atoms with Crippen LogP contribution in [0.5, 0.6) is 0 Å². The maximum atomic E-state index is 6.05. The standard InChI is InChI=1S/C16H24ClNO/c1-4-16(3)11-15(8-9-19-16)18-12(2)13-6-5-7-14(17)10-13/h5-7,10,12,15,18H,4,8-9,11H2,1-3H3/t12-,15?,16?/m0/s1. The molecule has 3 heteroatoms. The highest BCUT2D eigenvalue weighted by molar-refractivity contribution is 6.30. The Bertz CT molecular complexity index is 423. The fourth-order valence-electron chi connectivity index (χ4n) is 2.74. The minimum atomic E-state index is 0.0317. The van der Waals surface area contributed by atoms with Crippen molar-refractivity contribution >= 4 is 11.6 Å². The molecule has 1 saturated heterocycles. The predicted octanol–water partition coefficient (Wildman–Crippen LogP) is 4.34. The third-order valence-corrected chi connectivity index (χ3v) is 4.41. The highest BCUT2D eigenvalue weighted by Crippen LogP contribution is 2.29. The smallest absolute Gasteiger partial charge is 0.0666 e. The summed E-state index contributed by atoms with van der Waals surface area (Å²) in [6.07, 6.45) is 3.23. The van der Waals surface area contributed by atoms with Crippen molar-refractivity contribution in [1.82, 2.24) is 5.32 Å². The number of ether oxygens (including phenoxy) is 1. The zero-order chi connectivity index (χ0) is 13.9. The molecule has 0 saturated carbocycles. The lowest BCUT2D eigenvalue weighted by molar-refractivity contribution is -0.0789. The van der Waals surface area contributed by atoms with E-state index in [9.17, 15) is 0 Å². The van der Waals surface area contributed by atoms with Crippen LogP contribution in [0, 0.1) is 0 Å². The third-order valence-electron chi connectivity index (χ3n) is 4.18. The molecule has 1 aromatic rings. The van der Waals surface area contributed by atoms with Gasteiger partial charge in [0.1, 0.15) is 0 Å². The molecular weight excluding hydrogens is 258 g/mol. The molecule has 1 fully saturated rings. The number of hydrogen-bond acceptors (Lipinski definition) is 2. The van der Waals surface area contributed by atoms with E-state index in [4.69, 9.17) is 16.3 Å². The number of halogens is 1. The van der Waals surface area contributed by atoms with E-state index in [1.54, 1.807) is 0 Å². The second kappa shape index (κ2) is 6.25. The Kier molecular flexibility index (Phi) is 4.88. The summed E-state index contributed by atoms with van der Waals surface area (Å²) in [5.41, 5.74) is 1.28. The summed E-state index contributed by atoms with van der Waals surface area (Å²) in [4.78, 5) is 0. The highest BCUT2D eigenvalue weighted by Gasteiger charge is 2.32. The van der Waals surface area contributed by atoms with Crippen LogP contribution in [0.1, 0.15) is 51.6 Å². The number of rotatable bonds is 4. The second-order valence-electron chi connectivity index (χ2n) is 5.79. The van der Waals surface area contributed by atoms with Crippen LogP contribution in [0.2, 0.25) is 5.02 Å². The van der Waals surface area contributed by atoms with Gasteiger partial charge in [-0.05, 0) is 50.8 Å². The maximum Gasteiger partial charge on any atom is 0.0666 e. The minimum Gasteiger partial charge on any atom is -0.375 e. The SMILES string of the molecule is CCC1(C)CC(N[C@@H](C)c2cccc(Cl)c2)CCO1. The van der Waals surface area contributed by atoms with E-state index >= 15 is 0 Å². The first-order valence-corrected chi connectivity index (χ1v) is 7.56. The molecule has 0 radical (unpaired) electrons. The monoisotopic (exact) mass is 281 g/mol. The third kappa shape index (κ3) is 3.95. The average molecular weight is 282 g/mol. The van der Waals surface area contributed by atoms with E-state index in [0.717, 1.165) is 30.9 Å².